The van der Waals surface area contributed by atoms with Crippen molar-refractivity contribution in [3.05, 3.63) is 48.3 Å². The van der Waals surface area contributed by atoms with E-state index >= 15 is 0 Å². The molecule has 0 unspecified atom stereocenters. The second-order valence-electron chi connectivity index (χ2n) is 4.76. The van der Waals surface area contributed by atoms with E-state index in [1.54, 1.807) is 37.5 Å². The molecule has 8 heteroatoms. The summed E-state index contributed by atoms with van der Waals surface area (Å²) in [6, 6.07) is 8.80. The van der Waals surface area contributed by atoms with Crippen molar-refractivity contribution in [2.45, 2.75) is 18.3 Å². The molecule has 0 saturated heterocycles. The number of nitrogens with zero attached hydrogens (tertiary/aromatic N) is 4. The summed E-state index contributed by atoms with van der Waals surface area (Å²) in [4.78, 5) is 12.1. The SMILES string of the molecule is C=CCn1c(COC)nnc1SCC(=O)Nc1cccc(C#N)c1. The average molecular weight is 343 g/mol. The topological polar surface area (TPSA) is 92.8 Å². The van der Waals surface area contributed by atoms with Crippen LogP contribution >= 0.6 is 11.8 Å². The first-order valence-corrected chi connectivity index (χ1v) is 8.11. The summed E-state index contributed by atoms with van der Waals surface area (Å²) in [6.45, 7) is 4.60. The van der Waals surface area contributed by atoms with E-state index in [2.05, 4.69) is 22.1 Å². The van der Waals surface area contributed by atoms with Gasteiger partial charge in [0.05, 0.1) is 17.4 Å². The van der Waals surface area contributed by atoms with E-state index in [1.165, 1.54) is 11.8 Å². The molecule has 0 radical (unpaired) electrons. The van der Waals surface area contributed by atoms with Gasteiger partial charge in [-0.2, -0.15) is 5.26 Å². The van der Waals surface area contributed by atoms with E-state index in [1.807, 2.05) is 10.6 Å². The average Bonchev–Trinajstić information content (AvgIpc) is 2.96. The zero-order valence-corrected chi connectivity index (χ0v) is 14.0. The van der Waals surface area contributed by atoms with Crippen molar-refractivity contribution >= 4 is 23.4 Å². The molecule has 0 aliphatic heterocycles. The van der Waals surface area contributed by atoms with E-state index in [4.69, 9.17) is 10.00 Å². The van der Waals surface area contributed by atoms with Gasteiger partial charge in [0.15, 0.2) is 11.0 Å². The van der Waals surface area contributed by atoms with Crippen molar-refractivity contribution in [2.24, 2.45) is 0 Å². The predicted octanol–water partition coefficient (Wildman–Crippen LogP) is 2.21. The smallest absolute Gasteiger partial charge is 0.234 e. The quantitative estimate of drug-likeness (QED) is 0.583. The molecule has 24 heavy (non-hydrogen) atoms. The fourth-order valence-corrected chi connectivity index (χ4v) is 2.73. The van der Waals surface area contributed by atoms with Crippen LogP contribution in [-0.2, 0) is 22.7 Å². The summed E-state index contributed by atoms with van der Waals surface area (Å²) in [7, 11) is 1.59. The molecule has 0 spiro atoms. The van der Waals surface area contributed by atoms with E-state index in [0.717, 1.165) is 0 Å². The number of nitrogens with one attached hydrogen (secondary N) is 1. The first-order chi connectivity index (χ1) is 11.7. The first kappa shape index (κ1) is 17.7. The molecule has 0 bridgehead atoms. The highest BCUT2D eigenvalue weighted by atomic mass is 32.2. The van der Waals surface area contributed by atoms with Crippen LogP contribution in [0.1, 0.15) is 11.4 Å². The summed E-state index contributed by atoms with van der Waals surface area (Å²) < 4.78 is 6.93. The van der Waals surface area contributed by atoms with Gasteiger partial charge in [-0.15, -0.1) is 16.8 Å². The largest absolute Gasteiger partial charge is 0.377 e. The molecule has 0 fully saturated rings. The van der Waals surface area contributed by atoms with Crippen molar-refractivity contribution in [1.82, 2.24) is 14.8 Å². The Hall–Kier alpha value is -2.63. The molecule has 0 saturated carbocycles. The summed E-state index contributed by atoms with van der Waals surface area (Å²) in [5, 5.41) is 20.4. The van der Waals surface area contributed by atoms with Crippen LogP contribution in [0.25, 0.3) is 0 Å². The predicted molar refractivity (Wildman–Crippen MR) is 91.4 cm³/mol. The molecular formula is C16H17N5O2S. The van der Waals surface area contributed by atoms with Gasteiger partial charge < -0.3 is 14.6 Å². The van der Waals surface area contributed by atoms with Crippen molar-refractivity contribution in [3.8, 4) is 6.07 Å². The van der Waals surface area contributed by atoms with Crippen LogP contribution in [0.5, 0.6) is 0 Å². The maximum atomic E-state index is 12.1. The molecule has 2 aromatic rings. The number of ether oxygens (including phenoxy) is 1. The van der Waals surface area contributed by atoms with Crippen LogP contribution in [0.4, 0.5) is 5.69 Å². The minimum atomic E-state index is -0.184. The Morgan fingerprint density at radius 1 is 1.54 bits per heavy atom. The maximum Gasteiger partial charge on any atom is 0.234 e. The highest BCUT2D eigenvalue weighted by Gasteiger charge is 2.13. The number of benzene rings is 1. The number of anilines is 1. The summed E-state index contributed by atoms with van der Waals surface area (Å²) in [6.07, 6.45) is 1.74. The Morgan fingerprint density at radius 3 is 3.08 bits per heavy atom. The molecule has 1 aromatic heterocycles. The van der Waals surface area contributed by atoms with Crippen LogP contribution in [0.3, 0.4) is 0 Å². The Balaban J connectivity index is 1.98. The van der Waals surface area contributed by atoms with Crippen molar-refractivity contribution in [3.63, 3.8) is 0 Å². The third-order valence-electron chi connectivity index (χ3n) is 2.99. The summed E-state index contributed by atoms with van der Waals surface area (Å²) in [5.74, 6) is 0.678. The fraction of sp³-hybridized carbons (Fsp3) is 0.250. The number of carbonyl (C=O) groups excluding carboxylic acids is 1. The van der Waals surface area contributed by atoms with Crippen molar-refractivity contribution in [1.29, 1.82) is 5.26 Å². The van der Waals surface area contributed by atoms with E-state index in [0.29, 0.717) is 35.4 Å². The highest BCUT2D eigenvalue weighted by molar-refractivity contribution is 7.99. The van der Waals surface area contributed by atoms with Crippen LogP contribution in [0, 0.1) is 11.3 Å². The van der Waals surface area contributed by atoms with Gasteiger partial charge in [-0.05, 0) is 18.2 Å². The standard InChI is InChI=1S/C16H17N5O2S/c1-3-7-21-14(10-23-2)19-20-16(21)24-11-15(22)18-13-6-4-5-12(8-13)9-17/h3-6,8H,1,7,10-11H2,2H3,(H,18,22). The number of carbonyl (C=O) groups is 1. The van der Waals surface area contributed by atoms with Gasteiger partial charge >= 0.3 is 0 Å². The Labute approximate surface area is 144 Å². The maximum absolute atomic E-state index is 12.1. The Kier molecular flexibility index (Phi) is 6.54. The molecule has 1 N–H and O–H groups in total. The van der Waals surface area contributed by atoms with Gasteiger partial charge in [0.2, 0.25) is 5.91 Å². The first-order valence-electron chi connectivity index (χ1n) is 7.12. The summed E-state index contributed by atoms with van der Waals surface area (Å²) >= 11 is 1.28. The molecule has 0 aliphatic carbocycles. The number of aromatic nitrogens is 3. The van der Waals surface area contributed by atoms with Gasteiger partial charge in [-0.25, -0.2) is 0 Å². The molecule has 7 nitrogen and oxygen atoms in total. The van der Waals surface area contributed by atoms with E-state index in [-0.39, 0.29) is 11.7 Å². The highest BCUT2D eigenvalue weighted by Crippen LogP contribution is 2.18. The molecule has 124 valence electrons. The van der Waals surface area contributed by atoms with E-state index < -0.39 is 0 Å². The number of nitriles is 1. The number of methoxy groups -OCH3 is 1. The third kappa shape index (κ3) is 4.68. The van der Waals surface area contributed by atoms with Crippen LogP contribution < -0.4 is 5.32 Å². The number of hydrogen-bond donors (Lipinski definition) is 1. The van der Waals surface area contributed by atoms with Crippen LogP contribution in [0.15, 0.2) is 42.1 Å². The zero-order chi connectivity index (χ0) is 17.4. The number of thioether (sulfide) groups is 1. The molecule has 0 atom stereocenters. The second kappa shape index (κ2) is 8.86. The van der Waals surface area contributed by atoms with Gasteiger partial charge in [-0.1, -0.05) is 23.9 Å². The molecular weight excluding hydrogens is 326 g/mol. The lowest BCUT2D eigenvalue weighted by molar-refractivity contribution is -0.113. The molecule has 1 aromatic carbocycles. The van der Waals surface area contributed by atoms with Gasteiger partial charge in [0.25, 0.3) is 0 Å². The summed E-state index contributed by atoms with van der Waals surface area (Å²) in [5.41, 5.74) is 1.09. The number of hydrogen-bond acceptors (Lipinski definition) is 6. The second-order valence-corrected chi connectivity index (χ2v) is 5.70. The number of rotatable bonds is 8. The number of allylic oxidation sites excluding steroid dienone is 1. The monoisotopic (exact) mass is 343 g/mol. The lowest BCUT2D eigenvalue weighted by Gasteiger charge is -2.07. The van der Waals surface area contributed by atoms with Gasteiger partial charge in [0, 0.05) is 19.3 Å². The minimum absolute atomic E-state index is 0.180. The third-order valence-corrected chi connectivity index (χ3v) is 3.95. The lowest BCUT2D eigenvalue weighted by Crippen LogP contribution is -2.15. The lowest BCUT2D eigenvalue weighted by atomic mass is 10.2. The fourth-order valence-electron chi connectivity index (χ4n) is 1.97. The molecule has 2 rings (SSSR count). The Morgan fingerprint density at radius 2 is 2.38 bits per heavy atom. The van der Waals surface area contributed by atoms with Crippen LogP contribution in [-0.4, -0.2) is 33.5 Å². The van der Waals surface area contributed by atoms with Crippen molar-refractivity contribution in [2.75, 3.05) is 18.2 Å². The van der Waals surface area contributed by atoms with Gasteiger partial charge in [0.1, 0.15) is 6.61 Å². The Bertz CT molecular complexity index is 766. The molecule has 0 aliphatic rings. The molecule has 1 amide bonds. The normalized spacial score (nSPS) is 10.2. The minimum Gasteiger partial charge on any atom is -0.377 e. The number of amides is 1. The zero-order valence-electron chi connectivity index (χ0n) is 13.2. The van der Waals surface area contributed by atoms with Gasteiger partial charge in [-0.3, -0.25) is 4.79 Å². The van der Waals surface area contributed by atoms with Crippen molar-refractivity contribution < 1.29 is 9.53 Å². The molecule has 1 heterocycles. The van der Waals surface area contributed by atoms with E-state index in [9.17, 15) is 4.79 Å². The van der Waals surface area contributed by atoms with Crippen LogP contribution in [0.2, 0.25) is 0 Å².